The summed E-state index contributed by atoms with van der Waals surface area (Å²) in [4.78, 5) is 37.8. The van der Waals surface area contributed by atoms with Gasteiger partial charge in [-0.15, -0.1) is 0 Å². The van der Waals surface area contributed by atoms with Crippen molar-refractivity contribution in [1.82, 2.24) is 0 Å². The molecule has 334 valence electrons. The van der Waals surface area contributed by atoms with Gasteiger partial charge in [0.2, 0.25) is 0 Å². The lowest BCUT2D eigenvalue weighted by Crippen LogP contribution is -2.30. The molecule has 0 aromatic heterocycles. The van der Waals surface area contributed by atoms with Crippen LogP contribution in [-0.2, 0) is 28.6 Å². The molecule has 1 unspecified atom stereocenters. The largest absolute Gasteiger partial charge is 0.462 e. The highest BCUT2D eigenvalue weighted by Gasteiger charge is 2.19. The van der Waals surface area contributed by atoms with Gasteiger partial charge in [0, 0.05) is 19.3 Å². The van der Waals surface area contributed by atoms with Gasteiger partial charge in [0.15, 0.2) is 6.10 Å². The molecule has 0 spiro atoms. The maximum absolute atomic E-state index is 12.7. The summed E-state index contributed by atoms with van der Waals surface area (Å²) in [7, 11) is 0. The van der Waals surface area contributed by atoms with Gasteiger partial charge in [0.25, 0.3) is 0 Å². The average molecular weight is 819 g/mol. The smallest absolute Gasteiger partial charge is 0.306 e. The first-order valence-corrected chi connectivity index (χ1v) is 23.7. The Morgan fingerprint density at radius 2 is 0.661 bits per heavy atom. The van der Waals surface area contributed by atoms with Crippen LogP contribution in [0.5, 0.6) is 0 Å². The number of esters is 3. The van der Waals surface area contributed by atoms with Crippen LogP contribution in [0.25, 0.3) is 0 Å². The second-order valence-corrected chi connectivity index (χ2v) is 15.2. The number of hydrogen-bond donors (Lipinski definition) is 0. The molecule has 0 aliphatic rings. The number of rotatable bonds is 41. The zero-order valence-corrected chi connectivity index (χ0v) is 38.0. The van der Waals surface area contributed by atoms with Crippen LogP contribution in [0.2, 0.25) is 0 Å². The van der Waals surface area contributed by atoms with Gasteiger partial charge >= 0.3 is 17.9 Å². The molecule has 6 nitrogen and oxygen atoms in total. The van der Waals surface area contributed by atoms with Crippen LogP contribution in [0.15, 0.2) is 97.2 Å². The number of carbonyl (C=O) groups excluding carboxylic acids is 3. The lowest BCUT2D eigenvalue weighted by atomic mass is 10.1. The molecule has 0 radical (unpaired) electrons. The molecule has 0 aliphatic heterocycles. The van der Waals surface area contributed by atoms with E-state index in [1.807, 2.05) is 0 Å². The minimum Gasteiger partial charge on any atom is -0.462 e. The molecular weight excluding hydrogens is 733 g/mol. The van der Waals surface area contributed by atoms with Crippen molar-refractivity contribution < 1.29 is 28.6 Å². The van der Waals surface area contributed by atoms with Gasteiger partial charge in [-0.05, 0) is 109 Å². The normalized spacial score (nSPS) is 12.9. The Labute approximate surface area is 362 Å². The molecule has 0 saturated carbocycles. The Bertz CT molecular complexity index is 1220. The van der Waals surface area contributed by atoms with E-state index in [1.165, 1.54) is 25.7 Å². The maximum atomic E-state index is 12.7. The van der Waals surface area contributed by atoms with Crippen molar-refractivity contribution in [1.29, 1.82) is 0 Å². The van der Waals surface area contributed by atoms with Crippen molar-refractivity contribution >= 4 is 17.9 Å². The molecule has 0 rings (SSSR count). The Morgan fingerprint density at radius 3 is 1.07 bits per heavy atom. The Balaban J connectivity index is 4.48. The SMILES string of the molecule is CC/C=C\C/C=C\C/C=C\C/C=C\CCCCCCC(=O)OCC(COC(=O)CCCCCCC/C=C\CCCC)OC(=O)CCCCC/C=C\C/C=C\C/C=C\CC. The summed E-state index contributed by atoms with van der Waals surface area (Å²) < 4.78 is 16.7. The Morgan fingerprint density at radius 1 is 0.356 bits per heavy atom. The average Bonchev–Trinajstić information content (AvgIpc) is 3.23. The third kappa shape index (κ3) is 45.3. The number of hydrogen-bond acceptors (Lipinski definition) is 6. The van der Waals surface area contributed by atoms with E-state index >= 15 is 0 Å². The van der Waals surface area contributed by atoms with Crippen LogP contribution in [0, 0.1) is 0 Å². The minimum atomic E-state index is -0.805. The van der Waals surface area contributed by atoms with Crippen molar-refractivity contribution in [2.24, 2.45) is 0 Å². The molecule has 59 heavy (non-hydrogen) atoms. The highest BCUT2D eigenvalue weighted by atomic mass is 16.6. The molecular formula is C53H86O6. The van der Waals surface area contributed by atoms with E-state index < -0.39 is 6.10 Å². The fraction of sp³-hybridized carbons (Fsp3) is 0.642. The summed E-state index contributed by atoms with van der Waals surface area (Å²) in [6.45, 7) is 6.29. The van der Waals surface area contributed by atoms with Gasteiger partial charge in [0.1, 0.15) is 13.2 Å². The molecule has 0 fully saturated rings. The number of ether oxygens (including phenoxy) is 3. The van der Waals surface area contributed by atoms with Crippen LogP contribution in [-0.4, -0.2) is 37.2 Å². The monoisotopic (exact) mass is 819 g/mol. The number of allylic oxidation sites excluding steroid dienone is 16. The van der Waals surface area contributed by atoms with Crippen molar-refractivity contribution in [3.63, 3.8) is 0 Å². The summed E-state index contributed by atoms with van der Waals surface area (Å²) in [5.74, 6) is -0.976. The second kappa shape index (κ2) is 47.0. The zero-order chi connectivity index (χ0) is 43.0. The number of unbranched alkanes of at least 4 members (excludes halogenated alkanes) is 14. The van der Waals surface area contributed by atoms with Crippen LogP contribution in [0.1, 0.15) is 201 Å². The predicted octanol–water partition coefficient (Wildman–Crippen LogP) is 15.4. The van der Waals surface area contributed by atoms with E-state index in [0.717, 1.165) is 135 Å². The zero-order valence-electron chi connectivity index (χ0n) is 38.0. The van der Waals surface area contributed by atoms with Crippen LogP contribution in [0.4, 0.5) is 0 Å². The first kappa shape index (κ1) is 55.3. The summed E-state index contributed by atoms with van der Waals surface area (Å²) in [6.07, 6.45) is 61.0. The Hall–Kier alpha value is -3.67. The third-order valence-electron chi connectivity index (χ3n) is 9.55. The third-order valence-corrected chi connectivity index (χ3v) is 9.55. The van der Waals surface area contributed by atoms with E-state index in [1.54, 1.807) is 0 Å². The predicted molar refractivity (Wildman–Crippen MR) is 251 cm³/mol. The fourth-order valence-electron chi connectivity index (χ4n) is 6.01. The van der Waals surface area contributed by atoms with Crippen molar-refractivity contribution in [3.8, 4) is 0 Å². The summed E-state index contributed by atoms with van der Waals surface area (Å²) in [5.41, 5.74) is 0. The van der Waals surface area contributed by atoms with Crippen molar-refractivity contribution in [3.05, 3.63) is 97.2 Å². The van der Waals surface area contributed by atoms with Gasteiger partial charge in [-0.25, -0.2) is 0 Å². The molecule has 0 aliphatic carbocycles. The summed E-state index contributed by atoms with van der Waals surface area (Å²) >= 11 is 0. The van der Waals surface area contributed by atoms with Crippen LogP contribution in [0.3, 0.4) is 0 Å². The Kier molecular flexibility index (Phi) is 44.1. The lowest BCUT2D eigenvalue weighted by Gasteiger charge is -2.18. The maximum Gasteiger partial charge on any atom is 0.306 e. The van der Waals surface area contributed by atoms with E-state index in [2.05, 4.69) is 118 Å². The molecule has 0 aromatic rings. The summed E-state index contributed by atoms with van der Waals surface area (Å²) in [6, 6.07) is 0. The quantitative estimate of drug-likeness (QED) is 0.0265. The lowest BCUT2D eigenvalue weighted by molar-refractivity contribution is -0.167. The molecule has 0 heterocycles. The van der Waals surface area contributed by atoms with E-state index in [0.29, 0.717) is 12.8 Å². The molecule has 0 N–H and O–H groups in total. The van der Waals surface area contributed by atoms with Crippen LogP contribution < -0.4 is 0 Å². The molecule has 0 saturated heterocycles. The first-order valence-electron chi connectivity index (χ1n) is 23.7. The molecule has 0 bridgehead atoms. The first-order chi connectivity index (χ1) is 29.0. The van der Waals surface area contributed by atoms with Gasteiger partial charge in [-0.3, -0.25) is 14.4 Å². The van der Waals surface area contributed by atoms with Crippen LogP contribution >= 0.6 is 0 Å². The molecule has 0 amide bonds. The minimum absolute atomic E-state index is 0.104. The van der Waals surface area contributed by atoms with E-state index in [4.69, 9.17) is 14.2 Å². The van der Waals surface area contributed by atoms with Gasteiger partial charge in [0.05, 0.1) is 0 Å². The fourth-order valence-corrected chi connectivity index (χ4v) is 6.01. The topological polar surface area (TPSA) is 78.9 Å². The highest BCUT2D eigenvalue weighted by molar-refractivity contribution is 5.71. The molecule has 6 heteroatoms. The van der Waals surface area contributed by atoms with E-state index in [9.17, 15) is 14.4 Å². The van der Waals surface area contributed by atoms with E-state index in [-0.39, 0.29) is 37.5 Å². The highest BCUT2D eigenvalue weighted by Crippen LogP contribution is 2.12. The standard InChI is InChI=1S/C53H86O6/c1-4-7-10-13-16-19-22-24-25-26-27-29-31-34-37-40-43-46-52(55)58-49-50(48-57-51(54)45-42-39-36-33-30-21-18-15-12-9-6-3)59-53(56)47-44-41-38-35-32-28-23-20-17-14-11-8-5-2/h7-8,10-11,15-20,24-25,27-29,32,50H,4-6,9,12-14,21-23,26,30-31,33-49H2,1-3H3/b10-7-,11-8-,18-15-,19-16-,20-17-,25-24-,29-27-,32-28-. The molecule has 0 aromatic carbocycles. The van der Waals surface area contributed by atoms with Crippen molar-refractivity contribution in [2.75, 3.05) is 13.2 Å². The van der Waals surface area contributed by atoms with Crippen molar-refractivity contribution in [2.45, 2.75) is 207 Å². The molecule has 1 atom stereocenters. The van der Waals surface area contributed by atoms with Gasteiger partial charge in [-0.2, -0.15) is 0 Å². The summed E-state index contributed by atoms with van der Waals surface area (Å²) in [5, 5.41) is 0. The number of carbonyl (C=O) groups is 3. The van der Waals surface area contributed by atoms with Gasteiger partial charge < -0.3 is 14.2 Å². The van der Waals surface area contributed by atoms with Gasteiger partial charge in [-0.1, -0.05) is 169 Å². The second-order valence-electron chi connectivity index (χ2n) is 15.2.